The predicted molar refractivity (Wildman–Crippen MR) is 111 cm³/mol. The molecule has 27 heavy (non-hydrogen) atoms. The van der Waals surface area contributed by atoms with Gasteiger partial charge in [0.15, 0.2) is 5.96 Å². The molecule has 1 fully saturated rings. The minimum Gasteiger partial charge on any atom is -0.369 e. The molecule has 2 atom stereocenters. The number of carbonyl (C=O) groups excluding carboxylic acids is 1. The van der Waals surface area contributed by atoms with Crippen molar-refractivity contribution in [1.29, 1.82) is 0 Å². The van der Waals surface area contributed by atoms with Crippen molar-refractivity contribution >= 4 is 11.9 Å². The summed E-state index contributed by atoms with van der Waals surface area (Å²) in [6.45, 7) is 9.92. The van der Waals surface area contributed by atoms with Crippen LogP contribution in [0.4, 0.5) is 0 Å². The molecule has 0 spiro atoms. The number of nitrogens with one attached hydrogen (secondary N) is 2. The van der Waals surface area contributed by atoms with Crippen molar-refractivity contribution in [3.8, 4) is 0 Å². The fourth-order valence-electron chi connectivity index (χ4n) is 3.29. The van der Waals surface area contributed by atoms with E-state index in [9.17, 15) is 4.79 Å². The van der Waals surface area contributed by atoms with E-state index in [1.54, 1.807) is 7.05 Å². The second-order valence-corrected chi connectivity index (χ2v) is 7.90. The third kappa shape index (κ3) is 6.86. The lowest BCUT2D eigenvalue weighted by molar-refractivity contribution is -0.123. The van der Waals surface area contributed by atoms with Crippen LogP contribution in [0, 0.1) is 11.8 Å². The zero-order chi connectivity index (χ0) is 19.8. The van der Waals surface area contributed by atoms with Crippen molar-refractivity contribution < 1.29 is 4.79 Å². The lowest BCUT2D eigenvalue weighted by Crippen LogP contribution is -2.43. The molecule has 1 aliphatic heterocycles. The number of primary amides is 1. The van der Waals surface area contributed by atoms with Gasteiger partial charge in [-0.05, 0) is 43.4 Å². The maximum atomic E-state index is 11.5. The number of benzene rings is 1. The Morgan fingerprint density at radius 3 is 2.74 bits per heavy atom. The van der Waals surface area contributed by atoms with E-state index in [2.05, 4.69) is 65.6 Å². The molecular formula is C21H35N5O. The molecule has 4 N–H and O–H groups in total. The first kappa shape index (κ1) is 21.2. The van der Waals surface area contributed by atoms with E-state index in [1.807, 2.05) is 0 Å². The van der Waals surface area contributed by atoms with Gasteiger partial charge in [0.1, 0.15) is 0 Å². The first-order valence-electron chi connectivity index (χ1n) is 9.95. The van der Waals surface area contributed by atoms with Crippen molar-refractivity contribution in [1.82, 2.24) is 15.5 Å². The van der Waals surface area contributed by atoms with Gasteiger partial charge in [0.05, 0.1) is 5.92 Å². The fraction of sp³-hybridized carbons (Fsp3) is 0.619. The molecule has 6 heteroatoms. The van der Waals surface area contributed by atoms with E-state index >= 15 is 0 Å². The minimum atomic E-state index is -0.174. The second-order valence-electron chi connectivity index (χ2n) is 7.90. The topological polar surface area (TPSA) is 82.8 Å². The van der Waals surface area contributed by atoms with Crippen LogP contribution in [0.3, 0.4) is 0 Å². The summed E-state index contributed by atoms with van der Waals surface area (Å²) in [5.74, 6) is 1.18. The zero-order valence-electron chi connectivity index (χ0n) is 17.2. The molecule has 2 unspecified atom stereocenters. The van der Waals surface area contributed by atoms with Crippen LogP contribution >= 0.6 is 0 Å². The average Bonchev–Trinajstić information content (AvgIpc) is 2.65. The van der Waals surface area contributed by atoms with Crippen LogP contribution in [-0.4, -0.2) is 42.9 Å². The smallest absolute Gasteiger partial charge is 0.221 e. The third-order valence-corrected chi connectivity index (χ3v) is 5.35. The quantitative estimate of drug-likeness (QED) is 0.505. The molecule has 1 heterocycles. The van der Waals surface area contributed by atoms with E-state index in [4.69, 9.17) is 5.73 Å². The van der Waals surface area contributed by atoms with Gasteiger partial charge in [0.25, 0.3) is 0 Å². The minimum absolute atomic E-state index is 0.0130. The molecule has 0 bridgehead atoms. The van der Waals surface area contributed by atoms with Crippen LogP contribution in [0.5, 0.6) is 0 Å². The Kier molecular flexibility index (Phi) is 8.10. The van der Waals surface area contributed by atoms with Crippen molar-refractivity contribution in [3.63, 3.8) is 0 Å². The van der Waals surface area contributed by atoms with Gasteiger partial charge in [-0.1, -0.05) is 38.1 Å². The number of piperidine rings is 1. The lowest BCUT2D eigenvalue weighted by Gasteiger charge is -2.31. The Bertz CT molecular complexity index is 643. The van der Waals surface area contributed by atoms with E-state index in [1.165, 1.54) is 11.1 Å². The Morgan fingerprint density at radius 1 is 1.33 bits per heavy atom. The standard InChI is InChI=1S/C21H35N5O/c1-15(2)16(3)25-21(23-4)24-12-17-7-5-8-18(11-17)13-26-10-6-9-19(14-26)20(22)27/h5,7-8,11,15-16,19H,6,9-10,12-14H2,1-4H3,(H2,22,27)(H2,23,24,25). The predicted octanol–water partition coefficient (Wildman–Crippen LogP) is 2.09. The number of nitrogens with zero attached hydrogens (tertiary/aromatic N) is 2. The molecule has 6 nitrogen and oxygen atoms in total. The molecule has 0 radical (unpaired) electrons. The Balaban J connectivity index is 1.90. The molecular weight excluding hydrogens is 338 g/mol. The molecule has 1 aliphatic rings. The molecule has 1 aromatic carbocycles. The number of hydrogen-bond acceptors (Lipinski definition) is 3. The summed E-state index contributed by atoms with van der Waals surface area (Å²) >= 11 is 0. The van der Waals surface area contributed by atoms with Gasteiger partial charge < -0.3 is 16.4 Å². The van der Waals surface area contributed by atoms with Gasteiger partial charge in [0, 0.05) is 32.7 Å². The molecule has 0 aliphatic carbocycles. The molecule has 2 rings (SSSR count). The molecule has 1 saturated heterocycles. The second kappa shape index (κ2) is 10.3. The van der Waals surface area contributed by atoms with Crippen LogP contribution < -0.4 is 16.4 Å². The van der Waals surface area contributed by atoms with Gasteiger partial charge in [-0.3, -0.25) is 14.7 Å². The zero-order valence-corrected chi connectivity index (χ0v) is 17.2. The van der Waals surface area contributed by atoms with Crippen LogP contribution in [0.1, 0.15) is 44.7 Å². The summed E-state index contributed by atoms with van der Waals surface area (Å²) < 4.78 is 0. The summed E-state index contributed by atoms with van der Waals surface area (Å²) in [5.41, 5.74) is 7.97. The van der Waals surface area contributed by atoms with Gasteiger partial charge in [-0.25, -0.2) is 0 Å². The first-order chi connectivity index (χ1) is 12.9. The van der Waals surface area contributed by atoms with Crippen LogP contribution in [0.15, 0.2) is 29.3 Å². The average molecular weight is 374 g/mol. The van der Waals surface area contributed by atoms with E-state index < -0.39 is 0 Å². The van der Waals surface area contributed by atoms with Gasteiger partial charge in [-0.15, -0.1) is 0 Å². The van der Waals surface area contributed by atoms with Gasteiger partial charge in [0.2, 0.25) is 5.91 Å². The molecule has 1 aromatic rings. The van der Waals surface area contributed by atoms with E-state index in [0.717, 1.165) is 45.0 Å². The van der Waals surface area contributed by atoms with Crippen molar-refractivity contribution in [2.45, 2.75) is 52.7 Å². The lowest BCUT2D eigenvalue weighted by atomic mass is 9.97. The normalized spacial score (nSPS) is 19.7. The Morgan fingerprint density at radius 2 is 2.07 bits per heavy atom. The number of nitrogens with two attached hydrogens (primary N) is 1. The highest BCUT2D eigenvalue weighted by Gasteiger charge is 2.23. The maximum absolute atomic E-state index is 11.5. The number of hydrogen-bond donors (Lipinski definition) is 3. The summed E-state index contributed by atoms with van der Waals surface area (Å²) in [6, 6.07) is 8.94. The third-order valence-electron chi connectivity index (χ3n) is 5.35. The molecule has 0 saturated carbocycles. The van der Waals surface area contributed by atoms with Crippen molar-refractivity contribution in [3.05, 3.63) is 35.4 Å². The maximum Gasteiger partial charge on any atom is 0.221 e. The molecule has 1 amide bonds. The van der Waals surface area contributed by atoms with Crippen molar-refractivity contribution in [2.24, 2.45) is 22.6 Å². The number of amides is 1. The summed E-state index contributed by atoms with van der Waals surface area (Å²) in [7, 11) is 1.80. The highest BCUT2D eigenvalue weighted by molar-refractivity contribution is 5.80. The largest absolute Gasteiger partial charge is 0.369 e. The Labute approximate surface area is 163 Å². The van der Waals surface area contributed by atoms with E-state index in [-0.39, 0.29) is 11.8 Å². The summed E-state index contributed by atoms with van der Waals surface area (Å²) in [4.78, 5) is 18.1. The molecule has 150 valence electrons. The first-order valence-corrected chi connectivity index (χ1v) is 9.95. The van der Waals surface area contributed by atoms with E-state index in [0.29, 0.717) is 12.0 Å². The highest BCUT2D eigenvalue weighted by atomic mass is 16.1. The van der Waals surface area contributed by atoms with Crippen molar-refractivity contribution in [2.75, 3.05) is 20.1 Å². The number of guanidine groups is 1. The van der Waals surface area contributed by atoms with Gasteiger partial charge >= 0.3 is 0 Å². The number of aliphatic imine (C=N–C) groups is 1. The number of likely N-dealkylation sites (tertiary alicyclic amines) is 1. The summed E-state index contributed by atoms with van der Waals surface area (Å²) in [5, 5.41) is 6.81. The monoisotopic (exact) mass is 373 g/mol. The fourth-order valence-corrected chi connectivity index (χ4v) is 3.29. The van der Waals surface area contributed by atoms with Gasteiger partial charge in [-0.2, -0.15) is 0 Å². The van der Waals surface area contributed by atoms with Crippen LogP contribution in [0.2, 0.25) is 0 Å². The molecule has 0 aromatic heterocycles. The highest BCUT2D eigenvalue weighted by Crippen LogP contribution is 2.18. The Hall–Kier alpha value is -2.08. The van der Waals surface area contributed by atoms with Crippen LogP contribution in [0.25, 0.3) is 0 Å². The SMILES string of the molecule is CN=C(NCc1cccc(CN2CCCC(C(N)=O)C2)c1)NC(C)C(C)C. The summed E-state index contributed by atoms with van der Waals surface area (Å²) in [6.07, 6.45) is 1.95. The number of rotatable bonds is 7. The van der Waals surface area contributed by atoms with Crippen LogP contribution in [-0.2, 0) is 17.9 Å². The number of carbonyl (C=O) groups is 1.